The summed E-state index contributed by atoms with van der Waals surface area (Å²) in [5, 5.41) is 0. The van der Waals surface area contributed by atoms with E-state index in [0.717, 1.165) is 0 Å². The number of anilines is 1. The number of para-hydroxylation sites is 1. The third-order valence-electron chi connectivity index (χ3n) is 5.69. The van der Waals surface area contributed by atoms with E-state index in [4.69, 9.17) is 0 Å². The number of hydrogen-bond donors (Lipinski definition) is 0. The third kappa shape index (κ3) is 3.27. The van der Waals surface area contributed by atoms with E-state index in [9.17, 15) is 0 Å². The van der Waals surface area contributed by atoms with Crippen molar-refractivity contribution >= 4 is 5.69 Å². The third-order valence-corrected chi connectivity index (χ3v) is 5.69. The molecular weight excluding hydrogens is 326 g/mol. The van der Waals surface area contributed by atoms with Gasteiger partial charge in [0.05, 0.1) is 12.1 Å². The second-order valence-electron chi connectivity index (χ2n) is 8.21. The van der Waals surface area contributed by atoms with Crippen molar-refractivity contribution in [3.05, 3.63) is 101 Å². The maximum Gasteiger partial charge on any atom is 0.0796 e. The highest BCUT2D eigenvalue weighted by atomic mass is 15.4. The molecule has 3 aromatic rings. The zero-order valence-corrected chi connectivity index (χ0v) is 16.8. The van der Waals surface area contributed by atoms with Gasteiger partial charge in [-0.3, -0.25) is 0 Å². The van der Waals surface area contributed by atoms with Crippen LogP contribution in [0.5, 0.6) is 0 Å². The summed E-state index contributed by atoms with van der Waals surface area (Å²) >= 11 is 0. The van der Waals surface area contributed by atoms with E-state index in [2.05, 4.69) is 111 Å². The molecule has 0 aromatic heterocycles. The molecule has 4 rings (SSSR count). The van der Waals surface area contributed by atoms with Crippen LogP contribution < -0.4 is 4.90 Å². The fourth-order valence-electron chi connectivity index (χ4n) is 4.31. The Kier molecular flexibility index (Phi) is 4.78. The molecule has 0 radical (unpaired) electrons. The Hall–Kier alpha value is -2.54. The molecular formula is C26H29N. The monoisotopic (exact) mass is 355 g/mol. The highest BCUT2D eigenvalue weighted by Crippen LogP contribution is 2.59. The van der Waals surface area contributed by atoms with Crippen LogP contribution in [-0.4, -0.2) is 0 Å². The summed E-state index contributed by atoms with van der Waals surface area (Å²) in [6.45, 7) is 9.23. The fourth-order valence-corrected chi connectivity index (χ4v) is 4.31. The maximum absolute atomic E-state index is 2.65. The molecule has 0 saturated carbocycles. The van der Waals surface area contributed by atoms with Crippen LogP contribution in [-0.2, 0) is 0 Å². The lowest BCUT2D eigenvalue weighted by Crippen LogP contribution is -2.07. The van der Waals surface area contributed by atoms with Gasteiger partial charge in [0.25, 0.3) is 0 Å². The molecule has 0 aliphatic carbocycles. The topological polar surface area (TPSA) is 3.01 Å². The Labute approximate surface area is 163 Å². The second-order valence-corrected chi connectivity index (χ2v) is 8.21. The van der Waals surface area contributed by atoms with Crippen LogP contribution in [0.25, 0.3) is 0 Å². The normalized spacial score (nSPS) is 19.0. The molecule has 0 unspecified atom stereocenters. The van der Waals surface area contributed by atoms with Crippen molar-refractivity contribution in [2.45, 2.75) is 51.6 Å². The number of benzene rings is 3. The van der Waals surface area contributed by atoms with E-state index in [-0.39, 0.29) is 0 Å². The van der Waals surface area contributed by atoms with Gasteiger partial charge in [-0.1, -0.05) is 107 Å². The van der Waals surface area contributed by atoms with Crippen LogP contribution >= 0.6 is 0 Å². The van der Waals surface area contributed by atoms with Gasteiger partial charge in [0.2, 0.25) is 0 Å². The summed E-state index contributed by atoms with van der Waals surface area (Å²) in [5.41, 5.74) is 7.17. The van der Waals surface area contributed by atoms with Gasteiger partial charge in [0.15, 0.2) is 0 Å². The number of rotatable bonds is 5. The quantitative estimate of drug-likeness (QED) is 0.436. The smallest absolute Gasteiger partial charge is 0.0796 e. The molecule has 0 amide bonds. The fraction of sp³-hybridized carbons (Fsp3) is 0.308. The van der Waals surface area contributed by atoms with E-state index < -0.39 is 0 Å². The minimum atomic E-state index is 0.408. The highest BCUT2D eigenvalue weighted by molar-refractivity contribution is 5.70. The molecule has 0 bridgehead atoms. The summed E-state index contributed by atoms with van der Waals surface area (Å²) in [5.74, 6) is 1.01. The van der Waals surface area contributed by atoms with E-state index in [1.165, 1.54) is 27.9 Å². The van der Waals surface area contributed by atoms with Crippen molar-refractivity contribution in [1.82, 2.24) is 0 Å². The van der Waals surface area contributed by atoms with E-state index >= 15 is 0 Å². The molecule has 2 atom stereocenters. The van der Waals surface area contributed by atoms with Crippen LogP contribution in [0.4, 0.5) is 5.69 Å². The van der Waals surface area contributed by atoms with Gasteiger partial charge in [-0.2, -0.15) is 0 Å². The number of hydrogen-bond acceptors (Lipinski definition) is 1. The van der Waals surface area contributed by atoms with Gasteiger partial charge in [-0.05, 0) is 34.1 Å². The molecule has 1 aliphatic rings. The Morgan fingerprint density at radius 1 is 0.556 bits per heavy atom. The van der Waals surface area contributed by atoms with Crippen molar-refractivity contribution in [2.24, 2.45) is 0 Å². The SMILES string of the molecule is CC(C)c1cccc(C(C)C)c1N1[C@H](c2ccccc2)[C@@H]1c1ccccc1. The average Bonchev–Trinajstić information content (AvgIpc) is 3.44. The van der Waals surface area contributed by atoms with Gasteiger partial charge < -0.3 is 4.90 Å². The Morgan fingerprint density at radius 2 is 0.963 bits per heavy atom. The molecule has 1 fully saturated rings. The van der Waals surface area contributed by atoms with Crippen molar-refractivity contribution in [2.75, 3.05) is 4.90 Å². The minimum Gasteiger partial charge on any atom is -0.352 e. The lowest BCUT2D eigenvalue weighted by atomic mass is 9.92. The van der Waals surface area contributed by atoms with Gasteiger partial charge in [0.1, 0.15) is 0 Å². The predicted molar refractivity (Wildman–Crippen MR) is 115 cm³/mol. The van der Waals surface area contributed by atoms with Crippen LogP contribution in [0, 0.1) is 0 Å². The van der Waals surface area contributed by atoms with E-state index in [0.29, 0.717) is 23.9 Å². The molecule has 1 aliphatic heterocycles. The van der Waals surface area contributed by atoms with Crippen LogP contribution in [0.15, 0.2) is 78.9 Å². The largest absolute Gasteiger partial charge is 0.352 e. The van der Waals surface area contributed by atoms with Crippen molar-refractivity contribution in [1.29, 1.82) is 0 Å². The van der Waals surface area contributed by atoms with Gasteiger partial charge >= 0.3 is 0 Å². The Bertz CT molecular complexity index is 824. The van der Waals surface area contributed by atoms with Crippen LogP contribution in [0.1, 0.15) is 73.9 Å². The van der Waals surface area contributed by atoms with Gasteiger partial charge in [0, 0.05) is 5.69 Å². The molecule has 3 aromatic carbocycles. The van der Waals surface area contributed by atoms with Crippen LogP contribution in [0.2, 0.25) is 0 Å². The molecule has 1 nitrogen and oxygen atoms in total. The lowest BCUT2D eigenvalue weighted by Gasteiger charge is -2.22. The molecule has 138 valence electrons. The van der Waals surface area contributed by atoms with Gasteiger partial charge in [-0.25, -0.2) is 0 Å². The molecule has 27 heavy (non-hydrogen) atoms. The van der Waals surface area contributed by atoms with Crippen molar-refractivity contribution in [3.63, 3.8) is 0 Å². The summed E-state index contributed by atoms with van der Waals surface area (Å²) in [4.78, 5) is 2.65. The zero-order valence-electron chi connectivity index (χ0n) is 16.8. The molecule has 0 spiro atoms. The van der Waals surface area contributed by atoms with Crippen molar-refractivity contribution < 1.29 is 0 Å². The number of nitrogens with zero attached hydrogens (tertiary/aromatic N) is 1. The standard InChI is InChI=1S/C26H29N/c1-18(2)22-16-11-17-23(19(3)4)26(22)27-24(20-12-7-5-8-13-20)25(27)21-14-9-6-10-15-21/h5-19,24-25H,1-4H3/t24-,25+,27?. The zero-order chi connectivity index (χ0) is 19.0. The van der Waals surface area contributed by atoms with Crippen molar-refractivity contribution in [3.8, 4) is 0 Å². The Balaban J connectivity index is 1.86. The molecule has 1 heterocycles. The second kappa shape index (κ2) is 7.23. The average molecular weight is 356 g/mol. The first kappa shape index (κ1) is 17.9. The lowest BCUT2D eigenvalue weighted by molar-refractivity contribution is 0.828. The first-order chi connectivity index (χ1) is 13.1. The molecule has 1 saturated heterocycles. The molecule has 1 heteroatoms. The first-order valence-corrected chi connectivity index (χ1v) is 10.1. The maximum atomic E-state index is 2.65. The Morgan fingerprint density at radius 3 is 1.33 bits per heavy atom. The molecule has 0 N–H and O–H groups in total. The first-order valence-electron chi connectivity index (χ1n) is 10.1. The summed E-state index contributed by atoms with van der Waals surface area (Å²) < 4.78 is 0. The predicted octanol–water partition coefficient (Wildman–Crippen LogP) is 7.24. The van der Waals surface area contributed by atoms with Gasteiger partial charge in [-0.15, -0.1) is 0 Å². The van der Waals surface area contributed by atoms with E-state index in [1.54, 1.807) is 0 Å². The summed E-state index contributed by atoms with van der Waals surface area (Å²) in [6, 6.07) is 29.6. The van der Waals surface area contributed by atoms with E-state index in [1.807, 2.05) is 0 Å². The minimum absolute atomic E-state index is 0.408. The summed E-state index contributed by atoms with van der Waals surface area (Å²) in [6.07, 6.45) is 0. The summed E-state index contributed by atoms with van der Waals surface area (Å²) in [7, 11) is 0. The highest BCUT2D eigenvalue weighted by Gasteiger charge is 2.51. The van der Waals surface area contributed by atoms with Crippen LogP contribution in [0.3, 0.4) is 0 Å².